The fraction of sp³-hybridized carbons (Fsp3) is 0. The number of para-hydroxylation sites is 2. The monoisotopic (exact) mass is 354 g/mol. The number of fused-ring (bicyclic) bond motifs is 5. The highest BCUT2D eigenvalue weighted by molar-refractivity contribution is 6.98. The number of rotatable bonds is 1. The zero-order valence-electron chi connectivity index (χ0n) is 15.1. The maximum Gasteiger partial charge on any atom is 0.246 e. The molecule has 3 heteroatoms. The number of hydrogen-bond donors (Lipinski definition) is 0. The van der Waals surface area contributed by atoms with E-state index in [9.17, 15) is 5.26 Å². The fourth-order valence-corrected chi connectivity index (χ4v) is 4.75. The minimum absolute atomic E-state index is 0.202. The minimum atomic E-state index is 0.202. The number of hydrogen-bond acceptors (Lipinski definition) is 1. The van der Waals surface area contributed by atoms with Crippen LogP contribution in [0.2, 0.25) is 0 Å². The molecule has 0 radical (unpaired) electrons. The third kappa shape index (κ3) is 1.92. The molecule has 0 atom stereocenters. The summed E-state index contributed by atoms with van der Waals surface area (Å²) in [5, 5.41) is 11.9. The Bertz CT molecular complexity index is 1420. The van der Waals surface area contributed by atoms with Gasteiger partial charge in [0.25, 0.3) is 0 Å². The Balaban J connectivity index is 1.83. The molecule has 6 rings (SSSR count). The van der Waals surface area contributed by atoms with Crippen molar-refractivity contribution < 1.29 is 0 Å². The number of benzene rings is 4. The highest BCUT2D eigenvalue weighted by Crippen LogP contribution is 2.33. The Hall–Kier alpha value is -3.77. The second kappa shape index (κ2) is 5.61. The Labute approximate surface area is 163 Å². The van der Waals surface area contributed by atoms with Gasteiger partial charge in [-0.15, -0.1) is 0 Å². The molecule has 0 saturated heterocycles. The molecule has 2 heterocycles. The predicted octanol–water partition coefficient (Wildman–Crippen LogP) is 3.48. The fourth-order valence-electron chi connectivity index (χ4n) is 4.75. The van der Waals surface area contributed by atoms with E-state index in [2.05, 4.69) is 89.5 Å². The maximum absolute atomic E-state index is 9.43. The van der Waals surface area contributed by atoms with Crippen molar-refractivity contribution in [1.29, 1.82) is 5.26 Å². The molecule has 0 amide bonds. The quantitative estimate of drug-likeness (QED) is 0.416. The average Bonchev–Trinajstić information content (AvgIpc) is 3.10. The van der Waals surface area contributed by atoms with Gasteiger partial charge in [0.1, 0.15) is 0 Å². The Kier molecular flexibility index (Phi) is 3.07. The van der Waals surface area contributed by atoms with Crippen LogP contribution in [0.5, 0.6) is 0 Å². The summed E-state index contributed by atoms with van der Waals surface area (Å²) in [6.45, 7) is 0.202. The van der Waals surface area contributed by atoms with Crippen LogP contribution in [0.25, 0.3) is 27.5 Å². The molecular weight excluding hydrogens is 339 g/mol. The van der Waals surface area contributed by atoms with Gasteiger partial charge in [0, 0.05) is 22.0 Å². The molecule has 0 saturated carbocycles. The second-order valence-electron chi connectivity index (χ2n) is 7.33. The van der Waals surface area contributed by atoms with Crippen LogP contribution >= 0.6 is 0 Å². The lowest BCUT2D eigenvalue weighted by atomic mass is 9.35. The Morgan fingerprint density at radius 3 is 2.36 bits per heavy atom. The molecule has 0 spiro atoms. The number of nitrogens with zero attached hydrogens (tertiary/aromatic N) is 2. The molecule has 0 fully saturated rings. The van der Waals surface area contributed by atoms with E-state index < -0.39 is 0 Å². The molecule has 4 aromatic carbocycles. The third-order valence-electron chi connectivity index (χ3n) is 5.88. The van der Waals surface area contributed by atoms with E-state index in [0.29, 0.717) is 5.56 Å². The second-order valence-corrected chi connectivity index (χ2v) is 7.33. The Morgan fingerprint density at radius 2 is 1.50 bits per heavy atom. The summed E-state index contributed by atoms with van der Waals surface area (Å²) in [6.07, 6.45) is 0. The molecule has 0 bridgehead atoms. The van der Waals surface area contributed by atoms with Crippen LogP contribution in [0.4, 0.5) is 0 Å². The SMILES string of the molecule is N#Cc1ccc2c3cccc4c3n(c2c1)-c1ccccc1B4c1ccccc1. The van der Waals surface area contributed by atoms with Crippen LogP contribution in [0, 0.1) is 11.3 Å². The lowest BCUT2D eigenvalue weighted by Gasteiger charge is -2.26. The van der Waals surface area contributed by atoms with Gasteiger partial charge in [-0.25, -0.2) is 0 Å². The first-order chi connectivity index (χ1) is 13.9. The van der Waals surface area contributed by atoms with E-state index in [1.54, 1.807) is 0 Å². The van der Waals surface area contributed by atoms with Gasteiger partial charge in [0.05, 0.1) is 17.1 Å². The van der Waals surface area contributed by atoms with Crippen molar-refractivity contribution in [3.05, 3.63) is 96.6 Å². The molecule has 1 aliphatic rings. The summed E-state index contributed by atoms with van der Waals surface area (Å²) < 4.78 is 2.34. The molecule has 128 valence electrons. The minimum Gasteiger partial charge on any atom is -0.310 e. The largest absolute Gasteiger partial charge is 0.310 e. The zero-order chi connectivity index (χ0) is 18.7. The van der Waals surface area contributed by atoms with Gasteiger partial charge in [-0.3, -0.25) is 0 Å². The first kappa shape index (κ1) is 15.3. The van der Waals surface area contributed by atoms with E-state index in [1.165, 1.54) is 38.4 Å². The van der Waals surface area contributed by atoms with Crippen LogP contribution in [0.15, 0.2) is 91.0 Å². The standard InChI is InChI=1S/C25H15BN2/c27-16-17-13-14-19-20-9-6-11-22-25(20)28(24(19)15-17)23-12-5-4-10-21(23)26(22)18-7-2-1-3-8-18/h1-15H. The molecule has 1 aliphatic heterocycles. The van der Waals surface area contributed by atoms with E-state index in [0.717, 1.165) is 5.52 Å². The molecule has 28 heavy (non-hydrogen) atoms. The average molecular weight is 354 g/mol. The van der Waals surface area contributed by atoms with Crippen LogP contribution in [-0.4, -0.2) is 11.3 Å². The highest BCUT2D eigenvalue weighted by Gasteiger charge is 2.32. The van der Waals surface area contributed by atoms with Crippen LogP contribution < -0.4 is 16.4 Å². The molecule has 0 N–H and O–H groups in total. The third-order valence-corrected chi connectivity index (χ3v) is 5.88. The summed E-state index contributed by atoms with van der Waals surface area (Å²) in [7, 11) is 0. The maximum atomic E-state index is 9.43. The van der Waals surface area contributed by atoms with Crippen molar-refractivity contribution in [2.75, 3.05) is 0 Å². The van der Waals surface area contributed by atoms with Gasteiger partial charge in [-0.2, -0.15) is 5.26 Å². The normalized spacial score (nSPS) is 12.2. The van der Waals surface area contributed by atoms with Crippen LogP contribution in [0.3, 0.4) is 0 Å². The predicted molar refractivity (Wildman–Crippen MR) is 117 cm³/mol. The van der Waals surface area contributed by atoms with Crippen molar-refractivity contribution in [3.8, 4) is 11.8 Å². The van der Waals surface area contributed by atoms with E-state index in [-0.39, 0.29) is 6.71 Å². The summed E-state index contributed by atoms with van der Waals surface area (Å²) in [4.78, 5) is 0. The molecule has 0 unspecified atom stereocenters. The van der Waals surface area contributed by atoms with Crippen molar-refractivity contribution in [2.45, 2.75) is 0 Å². The summed E-state index contributed by atoms with van der Waals surface area (Å²) in [5.41, 5.74) is 8.16. The van der Waals surface area contributed by atoms with Gasteiger partial charge in [-0.05, 0) is 29.1 Å². The van der Waals surface area contributed by atoms with Crippen LogP contribution in [0.1, 0.15) is 5.56 Å². The van der Waals surface area contributed by atoms with Gasteiger partial charge in [-0.1, -0.05) is 78.3 Å². The molecule has 1 aromatic heterocycles. The topological polar surface area (TPSA) is 28.7 Å². The van der Waals surface area contributed by atoms with Gasteiger partial charge in [0.15, 0.2) is 0 Å². The number of aromatic nitrogens is 1. The first-order valence-corrected chi connectivity index (χ1v) is 9.48. The molecule has 2 nitrogen and oxygen atoms in total. The van der Waals surface area contributed by atoms with Crippen molar-refractivity contribution in [3.63, 3.8) is 0 Å². The van der Waals surface area contributed by atoms with Crippen molar-refractivity contribution in [2.24, 2.45) is 0 Å². The van der Waals surface area contributed by atoms with Crippen molar-refractivity contribution in [1.82, 2.24) is 4.57 Å². The summed E-state index contributed by atoms with van der Waals surface area (Å²) in [6, 6.07) is 34.3. The summed E-state index contributed by atoms with van der Waals surface area (Å²) >= 11 is 0. The highest BCUT2D eigenvalue weighted by atomic mass is 15.0. The smallest absolute Gasteiger partial charge is 0.246 e. The van der Waals surface area contributed by atoms with Crippen LogP contribution in [-0.2, 0) is 0 Å². The van der Waals surface area contributed by atoms with Crippen molar-refractivity contribution >= 4 is 44.9 Å². The van der Waals surface area contributed by atoms with Gasteiger partial charge >= 0.3 is 0 Å². The lowest BCUT2D eigenvalue weighted by molar-refractivity contribution is 1.19. The molecule has 0 aliphatic carbocycles. The first-order valence-electron chi connectivity index (χ1n) is 9.48. The van der Waals surface area contributed by atoms with E-state index in [1.807, 2.05) is 12.1 Å². The summed E-state index contributed by atoms with van der Waals surface area (Å²) in [5.74, 6) is 0. The molecule has 5 aromatic rings. The Morgan fingerprint density at radius 1 is 0.714 bits per heavy atom. The van der Waals surface area contributed by atoms with E-state index >= 15 is 0 Å². The molecular formula is C25H15BN2. The van der Waals surface area contributed by atoms with Gasteiger partial charge in [0.2, 0.25) is 6.71 Å². The zero-order valence-corrected chi connectivity index (χ0v) is 15.1. The number of nitriles is 1. The van der Waals surface area contributed by atoms with E-state index in [4.69, 9.17) is 0 Å². The van der Waals surface area contributed by atoms with Gasteiger partial charge < -0.3 is 4.57 Å². The lowest BCUT2D eigenvalue weighted by Crippen LogP contribution is -2.55.